The number of anilines is 2. The fourth-order valence-electron chi connectivity index (χ4n) is 1.79. The Morgan fingerprint density at radius 3 is 2.52 bits per heavy atom. The number of primary amides is 1. The van der Waals surface area contributed by atoms with E-state index in [0.29, 0.717) is 22.2 Å². The Morgan fingerprint density at radius 1 is 1.22 bits per heavy atom. The highest BCUT2D eigenvalue weighted by molar-refractivity contribution is 8.00. The Morgan fingerprint density at radius 2 is 1.91 bits per heavy atom. The Bertz CT molecular complexity index is 710. The van der Waals surface area contributed by atoms with Gasteiger partial charge in [0.1, 0.15) is 0 Å². The van der Waals surface area contributed by atoms with Gasteiger partial charge in [0.05, 0.1) is 10.9 Å². The molecule has 0 bridgehead atoms. The molecule has 0 spiro atoms. The van der Waals surface area contributed by atoms with Crippen LogP contribution >= 0.6 is 36.2 Å². The van der Waals surface area contributed by atoms with Gasteiger partial charge in [0.2, 0.25) is 5.91 Å². The molecule has 0 aliphatic heterocycles. The average Bonchev–Trinajstić information content (AvgIpc) is 2.55. The van der Waals surface area contributed by atoms with E-state index in [1.807, 2.05) is 18.2 Å². The Kier molecular flexibility index (Phi) is 6.20. The van der Waals surface area contributed by atoms with Crippen LogP contribution in [0.1, 0.15) is 10.4 Å². The van der Waals surface area contributed by atoms with Crippen LogP contribution in [-0.2, 0) is 0 Å². The molecule has 0 aromatic heterocycles. The van der Waals surface area contributed by atoms with Crippen molar-refractivity contribution >= 4 is 59.5 Å². The summed E-state index contributed by atoms with van der Waals surface area (Å²) < 4.78 is 1.14. The standard InChI is InChI=1S/C15H14ClN3O2S2/c16-9-23-13-3-1-2-11(8-13)18-15(21)19(22)12-6-4-10(5-7-12)14(17)20/h1-8,22H,9H2,(H2,17,20)(H,18,21). The number of urea groups is 1. The number of nitrogens with zero attached hydrogens (tertiary/aromatic N) is 1. The number of halogens is 1. The lowest BCUT2D eigenvalue weighted by Gasteiger charge is -2.17. The van der Waals surface area contributed by atoms with Crippen LogP contribution in [0.5, 0.6) is 0 Å². The number of carbonyl (C=O) groups excluding carboxylic acids is 2. The molecule has 0 unspecified atom stereocenters. The third-order valence-electron chi connectivity index (χ3n) is 2.90. The van der Waals surface area contributed by atoms with E-state index in [2.05, 4.69) is 18.1 Å². The summed E-state index contributed by atoms with van der Waals surface area (Å²) in [5.74, 6) is -0.527. The number of carbonyl (C=O) groups is 2. The van der Waals surface area contributed by atoms with Crippen LogP contribution in [0.3, 0.4) is 0 Å². The number of thioether (sulfide) groups is 1. The van der Waals surface area contributed by atoms with E-state index in [9.17, 15) is 9.59 Å². The summed E-state index contributed by atoms with van der Waals surface area (Å²) in [6.45, 7) is 0. The summed E-state index contributed by atoms with van der Waals surface area (Å²) in [4.78, 5) is 24.2. The van der Waals surface area contributed by atoms with Crippen LogP contribution in [-0.4, -0.2) is 17.2 Å². The minimum absolute atomic E-state index is 0.363. The molecule has 8 heteroatoms. The van der Waals surface area contributed by atoms with E-state index in [0.717, 1.165) is 9.20 Å². The van der Waals surface area contributed by atoms with Crippen molar-refractivity contribution in [3.05, 3.63) is 54.1 Å². The highest BCUT2D eigenvalue weighted by Gasteiger charge is 2.13. The van der Waals surface area contributed by atoms with Crippen LogP contribution in [0.4, 0.5) is 16.2 Å². The zero-order chi connectivity index (χ0) is 16.8. The van der Waals surface area contributed by atoms with Gasteiger partial charge in [0.25, 0.3) is 0 Å². The second kappa shape index (κ2) is 8.14. The molecule has 0 fully saturated rings. The van der Waals surface area contributed by atoms with E-state index in [1.54, 1.807) is 18.2 Å². The van der Waals surface area contributed by atoms with Crippen molar-refractivity contribution in [1.82, 2.24) is 0 Å². The zero-order valence-electron chi connectivity index (χ0n) is 11.9. The van der Waals surface area contributed by atoms with Crippen LogP contribution in [0.15, 0.2) is 53.4 Å². The summed E-state index contributed by atoms with van der Waals surface area (Å²) in [5.41, 5.74) is 6.69. The molecular weight excluding hydrogens is 354 g/mol. The van der Waals surface area contributed by atoms with Crippen molar-refractivity contribution in [1.29, 1.82) is 0 Å². The number of nitrogens with two attached hydrogens (primary N) is 1. The predicted molar refractivity (Wildman–Crippen MR) is 98.5 cm³/mol. The molecule has 23 heavy (non-hydrogen) atoms. The number of thiol groups is 1. The molecule has 2 aromatic rings. The minimum atomic E-state index is -0.527. The Balaban J connectivity index is 2.07. The quantitative estimate of drug-likeness (QED) is 0.425. The van der Waals surface area contributed by atoms with E-state index < -0.39 is 11.9 Å². The maximum Gasteiger partial charge on any atom is 0.336 e. The van der Waals surface area contributed by atoms with Crippen molar-refractivity contribution in [3.8, 4) is 0 Å². The van der Waals surface area contributed by atoms with Crippen LogP contribution in [0, 0.1) is 0 Å². The number of amides is 3. The molecule has 120 valence electrons. The second-order valence-electron chi connectivity index (χ2n) is 4.43. The first-order valence-electron chi connectivity index (χ1n) is 6.50. The van der Waals surface area contributed by atoms with Gasteiger partial charge in [-0.3, -0.25) is 4.79 Å². The normalized spacial score (nSPS) is 10.2. The van der Waals surface area contributed by atoms with Crippen molar-refractivity contribution in [2.75, 3.05) is 14.8 Å². The first-order valence-corrected chi connectivity index (χ1v) is 8.42. The van der Waals surface area contributed by atoms with E-state index >= 15 is 0 Å². The molecular formula is C15H14ClN3O2S2. The lowest BCUT2D eigenvalue weighted by atomic mass is 10.2. The number of benzene rings is 2. The molecule has 2 aromatic carbocycles. The predicted octanol–water partition coefficient (Wildman–Crippen LogP) is 3.96. The molecule has 0 aliphatic carbocycles. The molecule has 3 N–H and O–H groups in total. The fourth-order valence-corrected chi connectivity index (χ4v) is 2.86. The molecule has 0 radical (unpaired) electrons. The number of nitrogens with one attached hydrogen (secondary N) is 1. The summed E-state index contributed by atoms with van der Waals surface area (Å²) in [5, 5.41) is 3.17. The summed E-state index contributed by atoms with van der Waals surface area (Å²) in [7, 11) is 0. The lowest BCUT2D eigenvalue weighted by Crippen LogP contribution is -2.26. The number of hydrogen-bond acceptors (Lipinski definition) is 4. The van der Waals surface area contributed by atoms with Crippen LogP contribution < -0.4 is 15.4 Å². The molecule has 0 aliphatic rings. The molecule has 0 heterocycles. The topological polar surface area (TPSA) is 75.4 Å². The summed E-state index contributed by atoms with van der Waals surface area (Å²) in [6, 6.07) is 13.2. The average molecular weight is 368 g/mol. The number of hydrogen-bond donors (Lipinski definition) is 3. The van der Waals surface area contributed by atoms with Crippen LogP contribution in [0.25, 0.3) is 0 Å². The Hall–Kier alpha value is -1.83. The third-order valence-corrected chi connectivity index (χ3v) is 4.33. The first-order chi connectivity index (χ1) is 11.0. The van der Waals surface area contributed by atoms with Gasteiger partial charge in [0, 0.05) is 16.1 Å². The smallest absolute Gasteiger partial charge is 0.336 e. The highest BCUT2D eigenvalue weighted by Crippen LogP contribution is 2.23. The van der Waals surface area contributed by atoms with E-state index in [-0.39, 0.29) is 0 Å². The van der Waals surface area contributed by atoms with Crippen molar-refractivity contribution < 1.29 is 9.59 Å². The van der Waals surface area contributed by atoms with Gasteiger partial charge < -0.3 is 11.1 Å². The largest absolute Gasteiger partial charge is 0.366 e. The van der Waals surface area contributed by atoms with Crippen molar-refractivity contribution in [3.63, 3.8) is 0 Å². The first kappa shape index (κ1) is 17.5. The van der Waals surface area contributed by atoms with Gasteiger partial charge in [-0.2, -0.15) is 0 Å². The maximum atomic E-state index is 12.2. The van der Waals surface area contributed by atoms with Crippen molar-refractivity contribution in [2.24, 2.45) is 5.73 Å². The van der Waals surface area contributed by atoms with Gasteiger partial charge in [-0.15, -0.1) is 23.4 Å². The van der Waals surface area contributed by atoms with E-state index in [1.165, 1.54) is 23.9 Å². The Labute approximate surface area is 148 Å². The fraction of sp³-hybridized carbons (Fsp3) is 0.0667. The van der Waals surface area contributed by atoms with E-state index in [4.69, 9.17) is 17.3 Å². The second-order valence-corrected chi connectivity index (χ2v) is 6.47. The molecule has 3 amide bonds. The summed E-state index contributed by atoms with van der Waals surface area (Å²) >= 11 is 11.3. The number of alkyl halides is 1. The van der Waals surface area contributed by atoms with Gasteiger partial charge in [-0.05, 0) is 42.5 Å². The molecule has 5 nitrogen and oxygen atoms in total. The van der Waals surface area contributed by atoms with Gasteiger partial charge in [-0.25, -0.2) is 9.10 Å². The monoisotopic (exact) mass is 367 g/mol. The van der Waals surface area contributed by atoms with Gasteiger partial charge >= 0.3 is 6.03 Å². The van der Waals surface area contributed by atoms with Crippen molar-refractivity contribution in [2.45, 2.75) is 4.90 Å². The minimum Gasteiger partial charge on any atom is -0.366 e. The van der Waals surface area contributed by atoms with Gasteiger partial charge in [0.15, 0.2) is 0 Å². The highest BCUT2D eigenvalue weighted by atomic mass is 35.5. The zero-order valence-corrected chi connectivity index (χ0v) is 14.4. The summed E-state index contributed by atoms with van der Waals surface area (Å²) in [6.07, 6.45) is 0. The molecule has 0 saturated carbocycles. The molecule has 2 rings (SSSR count). The maximum absolute atomic E-state index is 12.2. The van der Waals surface area contributed by atoms with Crippen LogP contribution in [0.2, 0.25) is 0 Å². The molecule has 0 saturated heterocycles. The number of rotatable bonds is 5. The SMILES string of the molecule is NC(=O)c1ccc(N(S)C(=O)Nc2cccc(SCCl)c2)cc1. The molecule has 0 atom stereocenters. The third kappa shape index (κ3) is 4.82. The van der Waals surface area contributed by atoms with Gasteiger partial charge in [-0.1, -0.05) is 18.9 Å². The lowest BCUT2D eigenvalue weighted by molar-refractivity contribution is 0.100.